The summed E-state index contributed by atoms with van der Waals surface area (Å²) in [7, 11) is -3.32. The molecule has 0 N–H and O–H groups in total. The van der Waals surface area contributed by atoms with E-state index < -0.39 is 10.0 Å². The van der Waals surface area contributed by atoms with Crippen LogP contribution >= 0.6 is 11.3 Å². The van der Waals surface area contributed by atoms with E-state index in [2.05, 4.69) is 0 Å². The predicted octanol–water partition coefficient (Wildman–Crippen LogP) is 2.16. The molecule has 0 saturated carbocycles. The number of amides is 1. The molecule has 2 aromatic rings. The second kappa shape index (κ2) is 6.70. The van der Waals surface area contributed by atoms with E-state index in [1.807, 2.05) is 18.2 Å². The Balaban J connectivity index is 1.92. The molecule has 0 radical (unpaired) electrons. The van der Waals surface area contributed by atoms with Gasteiger partial charge in [0.1, 0.15) is 0 Å². The van der Waals surface area contributed by atoms with Crippen molar-refractivity contribution in [2.75, 3.05) is 43.4 Å². The van der Waals surface area contributed by atoms with E-state index in [9.17, 15) is 13.2 Å². The fourth-order valence-electron chi connectivity index (χ4n) is 2.82. The number of nitrogens with zero attached hydrogens (tertiary/aromatic N) is 2. The summed E-state index contributed by atoms with van der Waals surface area (Å²) in [6.45, 7) is 4.52. The molecular formula is C16H20N2O4S2. The van der Waals surface area contributed by atoms with Crippen LogP contribution in [0.2, 0.25) is 0 Å². The second-order valence-corrected chi connectivity index (χ2v) is 8.66. The first-order valence-electron chi connectivity index (χ1n) is 7.78. The Labute approximate surface area is 145 Å². The molecule has 1 aromatic heterocycles. The normalized spacial score (nSPS) is 15.7. The third-order valence-corrected chi connectivity index (χ3v) is 6.36. The highest BCUT2D eigenvalue weighted by atomic mass is 32.2. The Morgan fingerprint density at radius 1 is 1.29 bits per heavy atom. The quantitative estimate of drug-likeness (QED) is 0.829. The van der Waals surface area contributed by atoms with Crippen LogP contribution in [0.25, 0.3) is 10.1 Å². The molecule has 1 aliphatic heterocycles. The lowest BCUT2D eigenvalue weighted by molar-refractivity contribution is 0.0306. The maximum absolute atomic E-state index is 12.6. The summed E-state index contributed by atoms with van der Waals surface area (Å²) < 4.78 is 31.4. The highest BCUT2D eigenvalue weighted by molar-refractivity contribution is 7.92. The molecule has 24 heavy (non-hydrogen) atoms. The van der Waals surface area contributed by atoms with Crippen molar-refractivity contribution in [3.63, 3.8) is 0 Å². The fraction of sp³-hybridized carbons (Fsp3) is 0.438. The molecule has 1 aromatic carbocycles. The van der Waals surface area contributed by atoms with Crippen molar-refractivity contribution in [1.82, 2.24) is 4.90 Å². The van der Waals surface area contributed by atoms with Crippen LogP contribution in [0.15, 0.2) is 24.3 Å². The van der Waals surface area contributed by atoms with Crippen LogP contribution in [0.3, 0.4) is 0 Å². The van der Waals surface area contributed by atoms with Crippen LogP contribution in [0.1, 0.15) is 16.6 Å². The summed E-state index contributed by atoms with van der Waals surface area (Å²) in [6, 6.07) is 7.33. The average molecular weight is 368 g/mol. The highest BCUT2D eigenvalue weighted by Crippen LogP contribution is 2.31. The number of carbonyl (C=O) groups is 1. The van der Waals surface area contributed by atoms with Gasteiger partial charge in [0.15, 0.2) is 0 Å². The molecule has 1 aliphatic rings. The molecule has 0 atom stereocenters. The van der Waals surface area contributed by atoms with Crippen LogP contribution in [0.4, 0.5) is 5.69 Å². The van der Waals surface area contributed by atoms with Gasteiger partial charge in [-0.05, 0) is 36.6 Å². The van der Waals surface area contributed by atoms with Gasteiger partial charge < -0.3 is 9.64 Å². The number of anilines is 1. The smallest absolute Gasteiger partial charge is 0.264 e. The zero-order valence-corrected chi connectivity index (χ0v) is 15.3. The summed E-state index contributed by atoms with van der Waals surface area (Å²) in [4.78, 5) is 15.0. The molecule has 2 heterocycles. The molecule has 8 heteroatoms. The van der Waals surface area contributed by atoms with Crippen LogP contribution in [0, 0.1) is 0 Å². The van der Waals surface area contributed by atoms with Crippen molar-refractivity contribution in [3.05, 3.63) is 29.1 Å². The topological polar surface area (TPSA) is 66.9 Å². The number of rotatable bonds is 4. The first-order chi connectivity index (χ1) is 11.4. The van der Waals surface area contributed by atoms with E-state index in [1.54, 1.807) is 17.9 Å². The lowest BCUT2D eigenvalue weighted by Crippen LogP contribution is -2.40. The maximum atomic E-state index is 12.6. The molecule has 0 aliphatic carbocycles. The first-order valence-corrected chi connectivity index (χ1v) is 10.4. The van der Waals surface area contributed by atoms with Crippen molar-refractivity contribution < 1.29 is 17.9 Å². The van der Waals surface area contributed by atoms with Crippen molar-refractivity contribution in [2.24, 2.45) is 0 Å². The molecule has 0 unspecified atom stereocenters. The third kappa shape index (κ3) is 3.40. The second-order valence-electron chi connectivity index (χ2n) is 5.67. The number of morpholine rings is 1. The largest absolute Gasteiger partial charge is 0.378 e. The lowest BCUT2D eigenvalue weighted by atomic mass is 10.2. The maximum Gasteiger partial charge on any atom is 0.264 e. The van der Waals surface area contributed by atoms with Gasteiger partial charge in [0.05, 0.1) is 30.0 Å². The molecule has 0 spiro atoms. The summed E-state index contributed by atoms with van der Waals surface area (Å²) in [5.41, 5.74) is 0.621. The monoisotopic (exact) mass is 368 g/mol. The molecule has 1 saturated heterocycles. The predicted molar refractivity (Wildman–Crippen MR) is 96.4 cm³/mol. The number of hydrogen-bond acceptors (Lipinski definition) is 5. The van der Waals surface area contributed by atoms with Gasteiger partial charge in [0.25, 0.3) is 5.91 Å². The first kappa shape index (κ1) is 17.2. The average Bonchev–Trinajstić information content (AvgIpc) is 2.97. The van der Waals surface area contributed by atoms with E-state index in [-0.39, 0.29) is 5.91 Å². The van der Waals surface area contributed by atoms with Gasteiger partial charge in [-0.2, -0.15) is 0 Å². The summed E-state index contributed by atoms with van der Waals surface area (Å²) >= 11 is 1.43. The van der Waals surface area contributed by atoms with E-state index in [1.165, 1.54) is 21.9 Å². The van der Waals surface area contributed by atoms with Crippen molar-refractivity contribution in [1.29, 1.82) is 0 Å². The zero-order valence-electron chi connectivity index (χ0n) is 13.7. The standard InChI is InChI=1S/C16H20N2O4S2/c1-3-18(24(2,20)21)13-4-5-14-12(10-13)11-15(23-14)16(19)17-6-8-22-9-7-17/h4-5,10-11H,3,6-9H2,1-2H3. The fourth-order valence-corrected chi connectivity index (χ4v) is 4.80. The minimum absolute atomic E-state index is 0.0107. The molecule has 1 fully saturated rings. The van der Waals surface area contributed by atoms with E-state index in [0.717, 1.165) is 10.1 Å². The number of carbonyl (C=O) groups excluding carboxylic acids is 1. The minimum atomic E-state index is -3.32. The van der Waals surface area contributed by atoms with Crippen molar-refractivity contribution in [2.45, 2.75) is 6.92 Å². The molecule has 3 rings (SSSR count). The zero-order chi connectivity index (χ0) is 17.3. The number of sulfonamides is 1. The Morgan fingerprint density at radius 3 is 2.62 bits per heavy atom. The summed E-state index contributed by atoms with van der Waals surface area (Å²) in [5.74, 6) is 0.0107. The van der Waals surface area contributed by atoms with Crippen LogP contribution in [-0.2, 0) is 14.8 Å². The van der Waals surface area contributed by atoms with Gasteiger partial charge in [-0.25, -0.2) is 8.42 Å². The Morgan fingerprint density at radius 2 is 2.00 bits per heavy atom. The molecule has 0 bridgehead atoms. The van der Waals surface area contributed by atoms with Crippen LogP contribution < -0.4 is 4.31 Å². The lowest BCUT2D eigenvalue weighted by Gasteiger charge is -2.26. The summed E-state index contributed by atoms with van der Waals surface area (Å²) in [6.07, 6.45) is 1.20. The number of fused-ring (bicyclic) bond motifs is 1. The van der Waals surface area contributed by atoms with Gasteiger partial charge in [0.2, 0.25) is 10.0 Å². The van der Waals surface area contributed by atoms with E-state index >= 15 is 0 Å². The van der Waals surface area contributed by atoms with Crippen molar-refractivity contribution >= 4 is 43.0 Å². The van der Waals surface area contributed by atoms with E-state index in [4.69, 9.17) is 4.74 Å². The molecule has 1 amide bonds. The number of thiophene rings is 1. The van der Waals surface area contributed by atoms with Gasteiger partial charge in [-0.3, -0.25) is 9.10 Å². The minimum Gasteiger partial charge on any atom is -0.378 e. The van der Waals surface area contributed by atoms with Gasteiger partial charge >= 0.3 is 0 Å². The Kier molecular flexibility index (Phi) is 4.80. The van der Waals surface area contributed by atoms with Crippen molar-refractivity contribution in [3.8, 4) is 0 Å². The Bertz CT molecular complexity index is 854. The third-order valence-electron chi connectivity index (χ3n) is 3.98. The van der Waals surface area contributed by atoms with Crippen LogP contribution in [-0.4, -0.2) is 58.3 Å². The SMILES string of the molecule is CCN(c1ccc2sc(C(=O)N3CCOCC3)cc2c1)S(C)(=O)=O. The number of hydrogen-bond donors (Lipinski definition) is 0. The van der Waals surface area contributed by atoms with E-state index in [0.29, 0.717) is 43.4 Å². The van der Waals surface area contributed by atoms with Gasteiger partial charge in [0, 0.05) is 24.3 Å². The Hall–Kier alpha value is -1.64. The van der Waals surface area contributed by atoms with Gasteiger partial charge in [-0.1, -0.05) is 0 Å². The van der Waals surface area contributed by atoms with Crippen LogP contribution in [0.5, 0.6) is 0 Å². The van der Waals surface area contributed by atoms with Gasteiger partial charge in [-0.15, -0.1) is 11.3 Å². The number of benzene rings is 1. The summed E-state index contributed by atoms with van der Waals surface area (Å²) in [5, 5.41) is 0.885. The molecule has 130 valence electrons. The highest BCUT2D eigenvalue weighted by Gasteiger charge is 2.21. The molecule has 6 nitrogen and oxygen atoms in total. The number of ether oxygens (including phenoxy) is 1. The molecular weight excluding hydrogens is 348 g/mol.